The molecule has 0 atom stereocenters. The van der Waals surface area contributed by atoms with Crippen molar-refractivity contribution in [2.45, 2.75) is 20.0 Å². The van der Waals surface area contributed by atoms with E-state index in [4.69, 9.17) is 5.73 Å². The normalized spacial score (nSPS) is 12.8. The molecule has 0 aliphatic rings. The van der Waals surface area contributed by atoms with Crippen molar-refractivity contribution in [1.82, 2.24) is 4.90 Å². The molecule has 84 valence electrons. The standard InChI is InChI=1S/C8H15F3N2O/c1-7(2,4-12)6(14)13(3)5-8(9,10)11/h4-5,12H2,1-3H3. The van der Waals surface area contributed by atoms with Crippen LogP contribution in [0.3, 0.4) is 0 Å². The van der Waals surface area contributed by atoms with Gasteiger partial charge in [0.15, 0.2) is 0 Å². The van der Waals surface area contributed by atoms with E-state index in [1.807, 2.05) is 0 Å². The highest BCUT2D eigenvalue weighted by atomic mass is 19.4. The number of nitrogens with zero attached hydrogens (tertiary/aromatic N) is 1. The van der Waals surface area contributed by atoms with Crippen molar-refractivity contribution < 1.29 is 18.0 Å². The summed E-state index contributed by atoms with van der Waals surface area (Å²) >= 11 is 0. The first-order valence-corrected chi connectivity index (χ1v) is 4.12. The maximum atomic E-state index is 11.9. The zero-order valence-corrected chi connectivity index (χ0v) is 8.48. The molecule has 2 N–H and O–H groups in total. The van der Waals surface area contributed by atoms with Gasteiger partial charge >= 0.3 is 6.18 Å². The van der Waals surface area contributed by atoms with E-state index in [1.54, 1.807) is 0 Å². The molecule has 0 spiro atoms. The van der Waals surface area contributed by atoms with Gasteiger partial charge in [-0.1, -0.05) is 0 Å². The van der Waals surface area contributed by atoms with Crippen molar-refractivity contribution in [1.29, 1.82) is 0 Å². The number of alkyl halides is 3. The van der Waals surface area contributed by atoms with Gasteiger partial charge in [-0.2, -0.15) is 13.2 Å². The Bertz CT molecular complexity index is 213. The topological polar surface area (TPSA) is 46.3 Å². The molecule has 0 heterocycles. The summed E-state index contributed by atoms with van der Waals surface area (Å²) in [7, 11) is 1.12. The van der Waals surface area contributed by atoms with E-state index < -0.39 is 24.0 Å². The summed E-state index contributed by atoms with van der Waals surface area (Å²) in [5, 5.41) is 0. The Kier molecular flexibility index (Phi) is 3.93. The Morgan fingerprint density at radius 2 is 1.79 bits per heavy atom. The number of nitrogens with two attached hydrogens (primary N) is 1. The summed E-state index contributed by atoms with van der Waals surface area (Å²) in [6.07, 6.45) is -4.37. The minimum absolute atomic E-state index is 0.0219. The molecule has 0 unspecified atom stereocenters. The van der Waals surface area contributed by atoms with Crippen LogP contribution in [0.25, 0.3) is 0 Å². The Morgan fingerprint density at radius 3 is 2.07 bits per heavy atom. The van der Waals surface area contributed by atoms with Crippen LogP contribution in [0.2, 0.25) is 0 Å². The summed E-state index contributed by atoms with van der Waals surface area (Å²) < 4.78 is 35.8. The lowest BCUT2D eigenvalue weighted by molar-refractivity contribution is -0.163. The van der Waals surface area contributed by atoms with Crippen molar-refractivity contribution in [2.75, 3.05) is 20.1 Å². The van der Waals surface area contributed by atoms with E-state index in [1.165, 1.54) is 13.8 Å². The largest absolute Gasteiger partial charge is 0.406 e. The predicted octanol–water partition coefficient (Wildman–Crippen LogP) is 0.992. The van der Waals surface area contributed by atoms with Gasteiger partial charge in [0.2, 0.25) is 5.91 Å². The molecule has 14 heavy (non-hydrogen) atoms. The van der Waals surface area contributed by atoms with Crippen molar-refractivity contribution >= 4 is 5.91 Å². The summed E-state index contributed by atoms with van der Waals surface area (Å²) in [5.41, 5.74) is 4.34. The van der Waals surface area contributed by atoms with E-state index in [0.29, 0.717) is 4.90 Å². The quantitative estimate of drug-likeness (QED) is 0.758. The molecule has 0 fully saturated rings. The van der Waals surface area contributed by atoms with Gasteiger partial charge in [-0.25, -0.2) is 0 Å². The molecule has 6 heteroatoms. The molecule has 0 aromatic heterocycles. The highest BCUT2D eigenvalue weighted by Gasteiger charge is 2.36. The molecule has 0 aliphatic heterocycles. The SMILES string of the molecule is CN(CC(F)(F)F)C(=O)C(C)(C)CN. The predicted molar refractivity (Wildman–Crippen MR) is 46.5 cm³/mol. The summed E-state index contributed by atoms with van der Waals surface area (Å²) in [5.74, 6) is -0.600. The number of hydrogen-bond donors (Lipinski definition) is 1. The van der Waals surface area contributed by atoms with Gasteiger partial charge in [-0.3, -0.25) is 4.79 Å². The fourth-order valence-corrected chi connectivity index (χ4v) is 0.945. The molecule has 0 aromatic carbocycles. The van der Waals surface area contributed by atoms with Gasteiger partial charge < -0.3 is 10.6 Å². The van der Waals surface area contributed by atoms with Crippen LogP contribution in [0.5, 0.6) is 0 Å². The van der Waals surface area contributed by atoms with Gasteiger partial charge in [0.05, 0.1) is 5.41 Å². The first-order chi connectivity index (χ1) is 6.10. The average molecular weight is 212 g/mol. The summed E-state index contributed by atoms with van der Waals surface area (Å²) in [4.78, 5) is 12.1. The molecule has 3 nitrogen and oxygen atoms in total. The molecule has 1 amide bonds. The molecular weight excluding hydrogens is 197 g/mol. The smallest absolute Gasteiger partial charge is 0.336 e. The number of amides is 1. The van der Waals surface area contributed by atoms with E-state index in [2.05, 4.69) is 0 Å². The number of carbonyl (C=O) groups excluding carboxylic acids is 1. The van der Waals surface area contributed by atoms with Crippen LogP contribution in [0.1, 0.15) is 13.8 Å². The van der Waals surface area contributed by atoms with Crippen LogP contribution in [0.4, 0.5) is 13.2 Å². The van der Waals surface area contributed by atoms with Gasteiger partial charge in [-0.05, 0) is 13.8 Å². The number of hydrogen-bond acceptors (Lipinski definition) is 2. The molecule has 0 aliphatic carbocycles. The highest BCUT2D eigenvalue weighted by Crippen LogP contribution is 2.20. The lowest BCUT2D eigenvalue weighted by Crippen LogP contribution is -2.46. The van der Waals surface area contributed by atoms with Crippen molar-refractivity contribution in [3.05, 3.63) is 0 Å². The second-order valence-corrected chi connectivity index (χ2v) is 3.86. The number of halogens is 3. The van der Waals surface area contributed by atoms with Crippen LogP contribution < -0.4 is 5.73 Å². The minimum atomic E-state index is -4.37. The van der Waals surface area contributed by atoms with E-state index >= 15 is 0 Å². The molecule has 0 bridgehead atoms. The van der Waals surface area contributed by atoms with Crippen molar-refractivity contribution in [2.24, 2.45) is 11.1 Å². The molecule has 0 saturated carbocycles. The summed E-state index contributed by atoms with van der Waals surface area (Å²) in [6.45, 7) is 1.81. The third-order valence-corrected chi connectivity index (χ3v) is 1.85. The fraction of sp³-hybridized carbons (Fsp3) is 0.875. The number of carbonyl (C=O) groups is 1. The van der Waals surface area contributed by atoms with Crippen LogP contribution in [0.15, 0.2) is 0 Å². The van der Waals surface area contributed by atoms with Gasteiger partial charge in [0, 0.05) is 13.6 Å². The second-order valence-electron chi connectivity index (χ2n) is 3.86. The first-order valence-electron chi connectivity index (χ1n) is 4.12. The fourth-order valence-electron chi connectivity index (χ4n) is 0.945. The average Bonchev–Trinajstić information content (AvgIpc) is 2.00. The van der Waals surface area contributed by atoms with Crippen LogP contribution in [-0.4, -0.2) is 37.1 Å². The molecule has 0 aromatic rings. The Hall–Kier alpha value is -0.780. The monoisotopic (exact) mass is 212 g/mol. The van der Waals surface area contributed by atoms with Crippen LogP contribution in [-0.2, 0) is 4.79 Å². The molecular formula is C8H15F3N2O. The van der Waals surface area contributed by atoms with E-state index in [0.717, 1.165) is 7.05 Å². The van der Waals surface area contributed by atoms with Crippen LogP contribution >= 0.6 is 0 Å². The maximum absolute atomic E-state index is 11.9. The minimum Gasteiger partial charge on any atom is -0.336 e. The third kappa shape index (κ3) is 3.95. The molecule has 0 rings (SSSR count). The molecule has 0 saturated heterocycles. The Morgan fingerprint density at radius 1 is 1.36 bits per heavy atom. The lowest BCUT2D eigenvalue weighted by Gasteiger charge is -2.28. The zero-order chi connectivity index (χ0) is 11.6. The summed E-state index contributed by atoms with van der Waals surface area (Å²) in [6, 6.07) is 0. The first kappa shape index (κ1) is 13.2. The maximum Gasteiger partial charge on any atom is 0.406 e. The Labute approximate surface area is 81.1 Å². The van der Waals surface area contributed by atoms with Gasteiger partial charge in [0.1, 0.15) is 6.54 Å². The Balaban J connectivity index is 4.41. The van der Waals surface area contributed by atoms with Crippen LogP contribution in [0, 0.1) is 5.41 Å². The molecule has 0 radical (unpaired) electrons. The van der Waals surface area contributed by atoms with Crippen molar-refractivity contribution in [3.8, 4) is 0 Å². The van der Waals surface area contributed by atoms with Gasteiger partial charge in [0.25, 0.3) is 0 Å². The highest BCUT2D eigenvalue weighted by molar-refractivity contribution is 5.82. The number of rotatable bonds is 3. The second kappa shape index (κ2) is 4.16. The third-order valence-electron chi connectivity index (χ3n) is 1.85. The van der Waals surface area contributed by atoms with Crippen molar-refractivity contribution in [3.63, 3.8) is 0 Å². The lowest BCUT2D eigenvalue weighted by atomic mass is 9.92. The van der Waals surface area contributed by atoms with E-state index in [-0.39, 0.29) is 6.54 Å². The van der Waals surface area contributed by atoms with Gasteiger partial charge in [-0.15, -0.1) is 0 Å². The zero-order valence-electron chi connectivity index (χ0n) is 8.48. The van der Waals surface area contributed by atoms with E-state index in [9.17, 15) is 18.0 Å².